The van der Waals surface area contributed by atoms with E-state index < -0.39 is 11.8 Å². The SMILES string of the molecule is CN(C)c1nnc(SCc2cc(C(=O)O)ccc2F)s1. The molecule has 20 heavy (non-hydrogen) atoms. The number of carbonyl (C=O) groups is 1. The topological polar surface area (TPSA) is 66.3 Å². The number of carboxylic acid groups (broad SMARTS) is 1. The van der Waals surface area contributed by atoms with Crippen LogP contribution in [0.3, 0.4) is 0 Å². The Bertz CT molecular complexity index is 631. The number of carboxylic acids is 1. The average molecular weight is 313 g/mol. The first-order chi connectivity index (χ1) is 9.47. The lowest BCUT2D eigenvalue weighted by molar-refractivity contribution is 0.0696. The van der Waals surface area contributed by atoms with Crippen LogP contribution < -0.4 is 4.90 Å². The van der Waals surface area contributed by atoms with Crippen LogP contribution in [0.5, 0.6) is 0 Å². The highest BCUT2D eigenvalue weighted by molar-refractivity contribution is 8.00. The van der Waals surface area contributed by atoms with Crippen molar-refractivity contribution in [2.24, 2.45) is 0 Å². The molecule has 0 fully saturated rings. The van der Waals surface area contributed by atoms with Crippen molar-refractivity contribution in [2.45, 2.75) is 10.1 Å². The number of rotatable bonds is 5. The van der Waals surface area contributed by atoms with E-state index in [4.69, 9.17) is 5.11 Å². The van der Waals surface area contributed by atoms with Crippen molar-refractivity contribution in [3.63, 3.8) is 0 Å². The highest BCUT2D eigenvalue weighted by atomic mass is 32.2. The molecule has 1 aromatic heterocycles. The highest BCUT2D eigenvalue weighted by Crippen LogP contribution is 2.30. The van der Waals surface area contributed by atoms with Crippen molar-refractivity contribution in [1.82, 2.24) is 10.2 Å². The van der Waals surface area contributed by atoms with Crippen LogP contribution in [0.25, 0.3) is 0 Å². The Morgan fingerprint density at radius 3 is 2.80 bits per heavy atom. The second-order valence-electron chi connectivity index (χ2n) is 4.14. The second kappa shape index (κ2) is 6.19. The summed E-state index contributed by atoms with van der Waals surface area (Å²) in [4.78, 5) is 12.7. The largest absolute Gasteiger partial charge is 0.478 e. The summed E-state index contributed by atoms with van der Waals surface area (Å²) in [5.41, 5.74) is 0.421. The minimum Gasteiger partial charge on any atom is -0.478 e. The van der Waals surface area contributed by atoms with Gasteiger partial charge >= 0.3 is 5.97 Å². The molecular weight excluding hydrogens is 301 g/mol. The van der Waals surface area contributed by atoms with E-state index >= 15 is 0 Å². The first kappa shape index (κ1) is 14.7. The Morgan fingerprint density at radius 2 is 2.20 bits per heavy atom. The maximum Gasteiger partial charge on any atom is 0.335 e. The molecular formula is C12H12FN3O2S2. The lowest BCUT2D eigenvalue weighted by Crippen LogP contribution is -2.07. The summed E-state index contributed by atoms with van der Waals surface area (Å²) < 4.78 is 14.3. The zero-order valence-electron chi connectivity index (χ0n) is 10.8. The van der Waals surface area contributed by atoms with Crippen molar-refractivity contribution in [3.8, 4) is 0 Å². The molecule has 1 heterocycles. The third-order valence-electron chi connectivity index (χ3n) is 2.42. The smallest absolute Gasteiger partial charge is 0.335 e. The van der Waals surface area contributed by atoms with Gasteiger partial charge in [-0.25, -0.2) is 9.18 Å². The summed E-state index contributed by atoms with van der Waals surface area (Å²) in [6.07, 6.45) is 0. The second-order valence-corrected chi connectivity index (χ2v) is 6.32. The van der Waals surface area contributed by atoms with E-state index in [-0.39, 0.29) is 5.56 Å². The van der Waals surface area contributed by atoms with Crippen LogP contribution in [0.15, 0.2) is 22.5 Å². The van der Waals surface area contributed by atoms with Crippen molar-refractivity contribution >= 4 is 34.2 Å². The molecule has 8 heteroatoms. The molecule has 2 aromatic rings. The number of aromatic nitrogens is 2. The van der Waals surface area contributed by atoms with Crippen LogP contribution in [0.1, 0.15) is 15.9 Å². The maximum absolute atomic E-state index is 13.6. The Hall–Kier alpha value is -1.67. The average Bonchev–Trinajstić information content (AvgIpc) is 2.86. The lowest BCUT2D eigenvalue weighted by atomic mass is 10.1. The van der Waals surface area contributed by atoms with Gasteiger partial charge in [0.25, 0.3) is 0 Å². The van der Waals surface area contributed by atoms with Gasteiger partial charge in [0.15, 0.2) is 4.34 Å². The first-order valence-electron chi connectivity index (χ1n) is 5.62. The number of aromatic carboxylic acids is 1. The lowest BCUT2D eigenvalue weighted by Gasteiger charge is -2.04. The minimum absolute atomic E-state index is 0.0771. The van der Waals surface area contributed by atoms with Crippen molar-refractivity contribution in [1.29, 1.82) is 0 Å². The maximum atomic E-state index is 13.6. The predicted octanol–water partition coefficient (Wildman–Crippen LogP) is 2.73. The predicted molar refractivity (Wildman–Crippen MR) is 77.2 cm³/mol. The Labute approximate surface area is 123 Å². The van der Waals surface area contributed by atoms with Crippen LogP contribution in [0.2, 0.25) is 0 Å². The molecule has 0 saturated heterocycles. The van der Waals surface area contributed by atoms with Gasteiger partial charge in [-0.1, -0.05) is 23.1 Å². The minimum atomic E-state index is -1.07. The molecule has 0 bridgehead atoms. The van der Waals surface area contributed by atoms with Gasteiger partial charge in [0.05, 0.1) is 5.56 Å². The monoisotopic (exact) mass is 313 g/mol. The summed E-state index contributed by atoms with van der Waals surface area (Å²) in [5, 5.41) is 17.6. The Morgan fingerprint density at radius 1 is 1.45 bits per heavy atom. The van der Waals surface area contributed by atoms with Crippen LogP contribution in [0.4, 0.5) is 9.52 Å². The molecule has 106 valence electrons. The van der Waals surface area contributed by atoms with Gasteiger partial charge in [-0.15, -0.1) is 10.2 Å². The number of halogens is 1. The van der Waals surface area contributed by atoms with E-state index in [2.05, 4.69) is 10.2 Å². The van der Waals surface area contributed by atoms with Gasteiger partial charge in [0, 0.05) is 19.8 Å². The van der Waals surface area contributed by atoms with Gasteiger partial charge in [0.1, 0.15) is 5.82 Å². The number of hydrogen-bond acceptors (Lipinski definition) is 6. The summed E-state index contributed by atoms with van der Waals surface area (Å²) in [6.45, 7) is 0. The fourth-order valence-corrected chi connectivity index (χ4v) is 3.14. The van der Waals surface area contributed by atoms with Gasteiger partial charge in [-0.3, -0.25) is 0 Å². The van der Waals surface area contributed by atoms with Crippen LogP contribution >= 0.6 is 23.1 Å². The van der Waals surface area contributed by atoms with Gasteiger partial charge in [-0.2, -0.15) is 0 Å². The highest BCUT2D eigenvalue weighted by Gasteiger charge is 2.11. The fraction of sp³-hybridized carbons (Fsp3) is 0.250. The van der Waals surface area contributed by atoms with Gasteiger partial charge in [-0.05, 0) is 23.8 Å². The van der Waals surface area contributed by atoms with Crippen LogP contribution in [-0.4, -0.2) is 35.4 Å². The van der Waals surface area contributed by atoms with Crippen molar-refractivity contribution in [2.75, 3.05) is 19.0 Å². The molecule has 0 aliphatic carbocycles. The van der Waals surface area contributed by atoms with E-state index in [9.17, 15) is 9.18 Å². The normalized spacial score (nSPS) is 10.6. The molecule has 0 saturated carbocycles. The molecule has 0 aliphatic heterocycles. The molecule has 0 atom stereocenters. The zero-order valence-corrected chi connectivity index (χ0v) is 12.5. The van der Waals surface area contributed by atoms with Crippen molar-refractivity contribution < 1.29 is 14.3 Å². The third-order valence-corrected chi connectivity index (χ3v) is 4.70. The number of anilines is 1. The molecule has 1 N–H and O–H groups in total. The van der Waals surface area contributed by atoms with Crippen LogP contribution in [-0.2, 0) is 5.75 Å². The molecule has 0 spiro atoms. The molecule has 2 rings (SSSR count). The number of nitrogens with zero attached hydrogens (tertiary/aromatic N) is 3. The zero-order chi connectivity index (χ0) is 14.7. The third kappa shape index (κ3) is 3.45. The molecule has 1 aromatic carbocycles. The van der Waals surface area contributed by atoms with Crippen molar-refractivity contribution in [3.05, 3.63) is 35.1 Å². The fourth-order valence-electron chi connectivity index (χ4n) is 1.40. The van der Waals surface area contributed by atoms with Crippen LogP contribution in [0, 0.1) is 5.82 Å². The molecule has 0 aliphatic rings. The van der Waals surface area contributed by atoms with Gasteiger partial charge < -0.3 is 10.0 Å². The first-order valence-corrected chi connectivity index (χ1v) is 7.43. The van der Waals surface area contributed by atoms with E-state index in [0.717, 1.165) is 5.13 Å². The van der Waals surface area contributed by atoms with E-state index in [1.807, 2.05) is 19.0 Å². The summed E-state index contributed by atoms with van der Waals surface area (Å²) in [6, 6.07) is 3.77. The van der Waals surface area contributed by atoms with Gasteiger partial charge in [0.2, 0.25) is 5.13 Å². The summed E-state index contributed by atoms with van der Waals surface area (Å²) >= 11 is 2.74. The molecule has 5 nitrogen and oxygen atoms in total. The van der Waals surface area contributed by atoms with E-state index in [1.165, 1.54) is 41.3 Å². The number of benzene rings is 1. The molecule has 0 radical (unpaired) electrons. The molecule has 0 unspecified atom stereocenters. The number of thioether (sulfide) groups is 1. The Kier molecular flexibility index (Phi) is 4.56. The molecule has 0 amide bonds. The van der Waals surface area contributed by atoms with E-state index in [0.29, 0.717) is 15.7 Å². The number of hydrogen-bond donors (Lipinski definition) is 1. The standard InChI is InChI=1S/C12H12FN3O2S2/c1-16(2)11-14-15-12(20-11)19-6-8-5-7(10(17)18)3-4-9(8)13/h3-5H,6H2,1-2H3,(H,17,18). The summed E-state index contributed by atoms with van der Waals surface area (Å²) in [7, 11) is 3.73. The quantitative estimate of drug-likeness (QED) is 0.856. The summed E-state index contributed by atoms with van der Waals surface area (Å²) in [5.74, 6) is -1.17. The Balaban J connectivity index is 2.09. The van der Waals surface area contributed by atoms with E-state index in [1.54, 1.807) is 0 Å².